The maximum atomic E-state index is 14.2. The average molecular weight is 324 g/mol. The molecule has 0 amide bonds. The summed E-state index contributed by atoms with van der Waals surface area (Å²) in [6.07, 6.45) is -3.96. The zero-order chi connectivity index (χ0) is 15.8. The molecule has 0 aliphatic carbocycles. The molecule has 116 valence electrons. The molecule has 10 heteroatoms. The second-order valence-corrected chi connectivity index (χ2v) is 4.72. The standard InChI is InChI=1S/C11H12ClF2N3O4/c12-2-1-11(4-18)7(19)6(14)9(21-11)17-3-5(13)8(15)16-10(17)20/h1-3,6-7,9,18-19H,4H2,(H2,15,16,20)/b2-1-/t6-,7-,9+,11+/m0/s1. The Morgan fingerprint density at radius 2 is 2.33 bits per heavy atom. The van der Waals surface area contributed by atoms with E-state index in [0.717, 1.165) is 11.6 Å². The van der Waals surface area contributed by atoms with E-state index in [1.807, 2.05) is 0 Å². The highest BCUT2D eigenvalue weighted by Crippen LogP contribution is 2.39. The van der Waals surface area contributed by atoms with Crippen molar-refractivity contribution in [2.24, 2.45) is 0 Å². The first-order valence-electron chi connectivity index (χ1n) is 5.79. The zero-order valence-corrected chi connectivity index (χ0v) is 11.2. The smallest absolute Gasteiger partial charge is 0.351 e. The minimum atomic E-state index is -2.12. The van der Waals surface area contributed by atoms with E-state index in [0.29, 0.717) is 10.8 Å². The number of rotatable bonds is 3. The first-order valence-corrected chi connectivity index (χ1v) is 6.23. The highest BCUT2D eigenvalue weighted by atomic mass is 35.5. The fraction of sp³-hybridized carbons (Fsp3) is 0.455. The van der Waals surface area contributed by atoms with Gasteiger partial charge in [0.25, 0.3) is 0 Å². The predicted molar refractivity (Wildman–Crippen MR) is 68.7 cm³/mol. The van der Waals surface area contributed by atoms with Crippen molar-refractivity contribution >= 4 is 17.4 Å². The highest BCUT2D eigenvalue weighted by molar-refractivity contribution is 6.25. The molecule has 1 fully saturated rings. The number of ether oxygens (including phenoxy) is 1. The molecule has 1 aliphatic rings. The van der Waals surface area contributed by atoms with Gasteiger partial charge >= 0.3 is 5.69 Å². The molecule has 1 aliphatic heterocycles. The summed E-state index contributed by atoms with van der Waals surface area (Å²) in [5, 5.41) is 19.2. The summed E-state index contributed by atoms with van der Waals surface area (Å²) < 4.78 is 33.3. The molecule has 21 heavy (non-hydrogen) atoms. The lowest BCUT2D eigenvalue weighted by Gasteiger charge is -2.25. The third kappa shape index (κ3) is 2.53. The first kappa shape index (κ1) is 15.8. The van der Waals surface area contributed by atoms with E-state index in [-0.39, 0.29) is 0 Å². The topological polar surface area (TPSA) is 111 Å². The van der Waals surface area contributed by atoms with Crippen LogP contribution in [0.1, 0.15) is 6.23 Å². The Labute approximate surface area is 122 Å². The van der Waals surface area contributed by atoms with Crippen LogP contribution in [-0.2, 0) is 4.74 Å². The number of aliphatic hydroxyl groups is 2. The van der Waals surface area contributed by atoms with Gasteiger partial charge in [-0.3, -0.25) is 4.57 Å². The van der Waals surface area contributed by atoms with Crippen LogP contribution in [0, 0.1) is 5.82 Å². The number of aromatic nitrogens is 2. The molecule has 2 heterocycles. The molecule has 0 saturated carbocycles. The molecule has 4 N–H and O–H groups in total. The minimum absolute atomic E-state index is 0.513. The van der Waals surface area contributed by atoms with Crippen molar-refractivity contribution in [3.05, 3.63) is 34.1 Å². The molecule has 0 radical (unpaired) electrons. The predicted octanol–water partition coefficient (Wildman–Crippen LogP) is -0.324. The van der Waals surface area contributed by atoms with Crippen molar-refractivity contribution in [2.75, 3.05) is 12.3 Å². The molecule has 0 bridgehead atoms. The Kier molecular flexibility index (Phi) is 4.28. The molecule has 1 aromatic rings. The summed E-state index contributed by atoms with van der Waals surface area (Å²) in [5.41, 5.74) is 3.15. The van der Waals surface area contributed by atoms with Gasteiger partial charge in [0.2, 0.25) is 0 Å². The fourth-order valence-electron chi connectivity index (χ4n) is 2.06. The van der Waals surface area contributed by atoms with Gasteiger partial charge in [0.15, 0.2) is 24.0 Å². The molecule has 1 aromatic heterocycles. The number of aliphatic hydroxyl groups excluding tert-OH is 2. The van der Waals surface area contributed by atoms with E-state index in [1.54, 1.807) is 0 Å². The quantitative estimate of drug-likeness (QED) is 0.703. The zero-order valence-electron chi connectivity index (χ0n) is 10.5. The summed E-state index contributed by atoms with van der Waals surface area (Å²) in [6.45, 7) is -0.798. The van der Waals surface area contributed by atoms with E-state index < -0.39 is 48.0 Å². The van der Waals surface area contributed by atoms with Crippen molar-refractivity contribution in [1.82, 2.24) is 9.55 Å². The Balaban J connectivity index is 2.47. The molecular weight excluding hydrogens is 312 g/mol. The van der Waals surface area contributed by atoms with Crippen molar-refractivity contribution in [3.8, 4) is 0 Å². The number of nitrogens with two attached hydrogens (primary N) is 1. The van der Waals surface area contributed by atoms with Crippen molar-refractivity contribution in [3.63, 3.8) is 0 Å². The second-order valence-electron chi connectivity index (χ2n) is 4.47. The summed E-state index contributed by atoms with van der Waals surface area (Å²) >= 11 is 5.37. The normalized spacial score (nSPS) is 32.9. The van der Waals surface area contributed by atoms with Crippen LogP contribution in [0.2, 0.25) is 0 Å². The monoisotopic (exact) mass is 323 g/mol. The average Bonchev–Trinajstić information content (AvgIpc) is 2.69. The molecule has 0 spiro atoms. The van der Waals surface area contributed by atoms with E-state index in [2.05, 4.69) is 4.98 Å². The van der Waals surface area contributed by atoms with Gasteiger partial charge in [-0.2, -0.15) is 4.98 Å². The molecule has 2 rings (SSSR count). The highest BCUT2D eigenvalue weighted by Gasteiger charge is 2.54. The summed E-state index contributed by atoms with van der Waals surface area (Å²) in [7, 11) is 0. The minimum Gasteiger partial charge on any atom is -0.393 e. The van der Waals surface area contributed by atoms with Gasteiger partial charge in [-0.25, -0.2) is 13.6 Å². The molecular formula is C11H12ClF2N3O4. The van der Waals surface area contributed by atoms with Gasteiger partial charge in [-0.05, 0) is 6.08 Å². The first-order chi connectivity index (χ1) is 9.86. The van der Waals surface area contributed by atoms with Crippen LogP contribution in [0.5, 0.6) is 0 Å². The molecule has 0 aromatic carbocycles. The Bertz CT molecular complexity index is 626. The largest absolute Gasteiger partial charge is 0.393 e. The van der Waals surface area contributed by atoms with Crippen LogP contribution in [-0.4, -0.2) is 44.2 Å². The van der Waals surface area contributed by atoms with Crippen LogP contribution in [0.4, 0.5) is 14.6 Å². The number of halogens is 3. The third-order valence-corrected chi connectivity index (χ3v) is 3.34. The Hall–Kier alpha value is -1.55. The maximum absolute atomic E-state index is 14.2. The van der Waals surface area contributed by atoms with Crippen LogP contribution in [0.15, 0.2) is 22.6 Å². The third-order valence-electron chi connectivity index (χ3n) is 3.22. The van der Waals surface area contributed by atoms with Crippen LogP contribution < -0.4 is 11.4 Å². The van der Waals surface area contributed by atoms with Gasteiger partial charge in [0.1, 0.15) is 11.7 Å². The van der Waals surface area contributed by atoms with Crippen LogP contribution in [0.25, 0.3) is 0 Å². The van der Waals surface area contributed by atoms with Gasteiger partial charge in [0.05, 0.1) is 12.8 Å². The van der Waals surface area contributed by atoms with Crippen molar-refractivity contribution < 1.29 is 23.7 Å². The molecule has 4 atom stereocenters. The second kappa shape index (κ2) is 5.68. The van der Waals surface area contributed by atoms with E-state index in [1.165, 1.54) is 0 Å². The lowest BCUT2D eigenvalue weighted by molar-refractivity contribution is -0.0985. The number of nitrogens with zero attached hydrogens (tertiary/aromatic N) is 2. The lowest BCUT2D eigenvalue weighted by Crippen LogP contribution is -2.43. The SMILES string of the molecule is Nc1nc(=O)n([C@@H]2O[C@](/C=C\Cl)(CO)[C@@H](O)[C@@H]2F)cc1F. The summed E-state index contributed by atoms with van der Waals surface area (Å²) in [4.78, 5) is 14.8. The van der Waals surface area contributed by atoms with E-state index in [9.17, 15) is 23.8 Å². The number of nitrogen functional groups attached to an aromatic ring is 1. The van der Waals surface area contributed by atoms with Crippen LogP contribution in [0.3, 0.4) is 0 Å². The Morgan fingerprint density at radius 1 is 1.67 bits per heavy atom. The molecule has 7 nitrogen and oxygen atoms in total. The van der Waals surface area contributed by atoms with Gasteiger partial charge in [-0.1, -0.05) is 11.6 Å². The molecule has 1 saturated heterocycles. The fourth-order valence-corrected chi connectivity index (χ4v) is 2.28. The number of anilines is 1. The van der Waals surface area contributed by atoms with Gasteiger partial charge in [0, 0.05) is 5.54 Å². The summed E-state index contributed by atoms with van der Waals surface area (Å²) in [6, 6.07) is 0. The maximum Gasteiger partial charge on any atom is 0.351 e. The van der Waals surface area contributed by atoms with Crippen molar-refractivity contribution in [1.29, 1.82) is 0 Å². The van der Waals surface area contributed by atoms with E-state index in [4.69, 9.17) is 22.1 Å². The Morgan fingerprint density at radius 3 is 2.90 bits per heavy atom. The van der Waals surface area contributed by atoms with Gasteiger partial charge in [-0.15, -0.1) is 0 Å². The summed E-state index contributed by atoms with van der Waals surface area (Å²) in [5.74, 6) is -1.69. The van der Waals surface area contributed by atoms with Gasteiger partial charge < -0.3 is 20.7 Å². The van der Waals surface area contributed by atoms with E-state index >= 15 is 0 Å². The number of hydrogen-bond acceptors (Lipinski definition) is 6. The van der Waals surface area contributed by atoms with Crippen molar-refractivity contribution in [2.45, 2.75) is 24.1 Å². The number of alkyl halides is 1. The number of hydrogen-bond donors (Lipinski definition) is 3. The molecule has 0 unspecified atom stereocenters. The van der Waals surface area contributed by atoms with Crippen LogP contribution >= 0.6 is 11.6 Å². The lowest BCUT2D eigenvalue weighted by atomic mass is 9.97.